The Kier molecular flexibility index (Phi) is 5.12. The first-order valence-electron chi connectivity index (χ1n) is 8.36. The fraction of sp³-hybridized carbons (Fsp3) is 0.350. The smallest absolute Gasteiger partial charge is 0.260 e. The highest BCUT2D eigenvalue weighted by atomic mass is 16.6. The van der Waals surface area contributed by atoms with Crippen molar-refractivity contribution < 1.29 is 19.0 Å². The number of fused-ring (bicyclic) bond motifs is 1. The van der Waals surface area contributed by atoms with E-state index in [1.54, 1.807) is 11.9 Å². The van der Waals surface area contributed by atoms with E-state index < -0.39 is 0 Å². The van der Waals surface area contributed by atoms with Crippen LogP contribution in [0.25, 0.3) is 0 Å². The van der Waals surface area contributed by atoms with Gasteiger partial charge < -0.3 is 19.1 Å². The van der Waals surface area contributed by atoms with Gasteiger partial charge in [-0.2, -0.15) is 0 Å². The monoisotopic (exact) mass is 341 g/mol. The molecule has 3 rings (SSSR count). The van der Waals surface area contributed by atoms with Gasteiger partial charge in [0.15, 0.2) is 24.2 Å². The molecular formula is C20H23NO4. The number of likely N-dealkylation sites (N-methyl/N-ethyl adjacent to an activating group) is 1. The van der Waals surface area contributed by atoms with Gasteiger partial charge in [-0.3, -0.25) is 4.79 Å². The van der Waals surface area contributed by atoms with Crippen molar-refractivity contribution >= 4 is 5.91 Å². The number of amides is 1. The number of aryl methyl sites for hydroxylation is 2. The second kappa shape index (κ2) is 7.47. The van der Waals surface area contributed by atoms with Gasteiger partial charge in [-0.25, -0.2) is 0 Å². The molecule has 1 unspecified atom stereocenters. The maximum atomic E-state index is 12.4. The molecule has 0 aliphatic carbocycles. The number of para-hydroxylation sites is 3. The molecule has 1 atom stereocenters. The number of hydrogen-bond acceptors (Lipinski definition) is 4. The first kappa shape index (κ1) is 17.1. The largest absolute Gasteiger partial charge is 0.486 e. The topological polar surface area (TPSA) is 48.0 Å². The van der Waals surface area contributed by atoms with Crippen molar-refractivity contribution in [3.8, 4) is 17.2 Å². The van der Waals surface area contributed by atoms with E-state index in [1.807, 2.05) is 56.3 Å². The van der Waals surface area contributed by atoms with Crippen molar-refractivity contribution in [3.63, 3.8) is 0 Å². The average Bonchev–Trinajstić information content (AvgIpc) is 2.61. The Morgan fingerprint density at radius 1 is 1.12 bits per heavy atom. The third-order valence-electron chi connectivity index (χ3n) is 4.22. The van der Waals surface area contributed by atoms with E-state index in [4.69, 9.17) is 14.2 Å². The molecule has 1 heterocycles. The minimum atomic E-state index is -0.191. The molecule has 0 fully saturated rings. The predicted molar refractivity (Wildman–Crippen MR) is 95.4 cm³/mol. The van der Waals surface area contributed by atoms with E-state index in [-0.39, 0.29) is 18.6 Å². The zero-order chi connectivity index (χ0) is 17.8. The molecule has 0 spiro atoms. The van der Waals surface area contributed by atoms with Crippen LogP contribution in [-0.2, 0) is 4.79 Å². The van der Waals surface area contributed by atoms with Gasteiger partial charge in [-0.1, -0.05) is 30.3 Å². The maximum absolute atomic E-state index is 12.4. The standard InChI is InChI=1S/C20H23NO4/c1-14-7-6-8-15(2)20(14)24-13-19(22)21(3)11-16-12-23-17-9-4-5-10-18(17)25-16/h4-10,16H,11-13H2,1-3H3. The summed E-state index contributed by atoms with van der Waals surface area (Å²) in [5.74, 6) is 2.14. The molecular weight excluding hydrogens is 318 g/mol. The number of nitrogens with zero attached hydrogens (tertiary/aromatic N) is 1. The number of hydrogen-bond donors (Lipinski definition) is 0. The summed E-state index contributed by atoms with van der Waals surface area (Å²) < 4.78 is 17.3. The summed E-state index contributed by atoms with van der Waals surface area (Å²) in [6.45, 7) is 4.82. The first-order chi connectivity index (χ1) is 12.0. The fourth-order valence-corrected chi connectivity index (χ4v) is 2.83. The molecule has 0 aromatic heterocycles. The molecule has 0 N–H and O–H groups in total. The van der Waals surface area contributed by atoms with E-state index in [2.05, 4.69) is 0 Å². The molecule has 1 aliphatic rings. The van der Waals surface area contributed by atoms with Gasteiger partial charge in [0.05, 0.1) is 6.54 Å². The third kappa shape index (κ3) is 4.05. The molecule has 5 nitrogen and oxygen atoms in total. The van der Waals surface area contributed by atoms with Crippen LogP contribution < -0.4 is 14.2 Å². The summed E-state index contributed by atoms with van der Waals surface area (Å²) in [6.07, 6.45) is -0.191. The molecule has 2 aromatic rings. The highest BCUT2D eigenvalue weighted by Crippen LogP contribution is 2.31. The Hall–Kier alpha value is -2.69. The van der Waals surface area contributed by atoms with Crippen molar-refractivity contribution in [2.75, 3.05) is 26.8 Å². The SMILES string of the molecule is Cc1cccc(C)c1OCC(=O)N(C)CC1COc2ccccc2O1. The van der Waals surface area contributed by atoms with E-state index in [1.165, 1.54) is 0 Å². The third-order valence-corrected chi connectivity index (χ3v) is 4.22. The molecule has 25 heavy (non-hydrogen) atoms. The molecule has 132 valence electrons. The van der Waals surface area contributed by atoms with Crippen molar-refractivity contribution in [3.05, 3.63) is 53.6 Å². The lowest BCUT2D eigenvalue weighted by Crippen LogP contribution is -2.43. The van der Waals surface area contributed by atoms with Crippen molar-refractivity contribution in [2.45, 2.75) is 20.0 Å². The van der Waals surface area contributed by atoms with Crippen LogP contribution in [0.2, 0.25) is 0 Å². The molecule has 5 heteroatoms. The minimum Gasteiger partial charge on any atom is -0.486 e. The molecule has 0 saturated carbocycles. The average molecular weight is 341 g/mol. The maximum Gasteiger partial charge on any atom is 0.260 e. The molecule has 1 aliphatic heterocycles. The van der Waals surface area contributed by atoms with Gasteiger partial charge in [-0.05, 0) is 37.1 Å². The van der Waals surface area contributed by atoms with Gasteiger partial charge in [0.2, 0.25) is 0 Å². The van der Waals surface area contributed by atoms with Gasteiger partial charge >= 0.3 is 0 Å². The highest BCUT2D eigenvalue weighted by Gasteiger charge is 2.24. The lowest BCUT2D eigenvalue weighted by molar-refractivity contribution is -0.133. The zero-order valence-electron chi connectivity index (χ0n) is 14.8. The number of rotatable bonds is 5. The summed E-state index contributed by atoms with van der Waals surface area (Å²) in [5, 5.41) is 0. The van der Waals surface area contributed by atoms with Gasteiger partial charge in [0, 0.05) is 7.05 Å². The van der Waals surface area contributed by atoms with Crippen molar-refractivity contribution in [1.29, 1.82) is 0 Å². The molecule has 0 radical (unpaired) electrons. The van der Waals surface area contributed by atoms with Crippen molar-refractivity contribution in [1.82, 2.24) is 4.90 Å². The summed E-state index contributed by atoms with van der Waals surface area (Å²) in [7, 11) is 1.75. The minimum absolute atomic E-state index is 0.00631. The van der Waals surface area contributed by atoms with Crippen LogP contribution in [0, 0.1) is 13.8 Å². The number of benzene rings is 2. The number of ether oxygens (including phenoxy) is 3. The molecule has 0 saturated heterocycles. The van der Waals surface area contributed by atoms with Crippen LogP contribution in [0.3, 0.4) is 0 Å². The number of carbonyl (C=O) groups is 1. The van der Waals surface area contributed by atoms with Crippen LogP contribution in [0.15, 0.2) is 42.5 Å². The Morgan fingerprint density at radius 3 is 2.52 bits per heavy atom. The van der Waals surface area contributed by atoms with Crippen LogP contribution >= 0.6 is 0 Å². The summed E-state index contributed by atoms with van der Waals surface area (Å²) in [4.78, 5) is 14.0. The Morgan fingerprint density at radius 2 is 1.80 bits per heavy atom. The fourth-order valence-electron chi connectivity index (χ4n) is 2.83. The summed E-state index contributed by atoms with van der Waals surface area (Å²) in [5.41, 5.74) is 2.05. The van der Waals surface area contributed by atoms with E-state index in [9.17, 15) is 4.79 Å². The quantitative estimate of drug-likeness (QED) is 0.839. The Bertz CT molecular complexity index is 739. The highest BCUT2D eigenvalue weighted by molar-refractivity contribution is 5.77. The lowest BCUT2D eigenvalue weighted by Gasteiger charge is -2.29. The van der Waals surface area contributed by atoms with Crippen molar-refractivity contribution in [2.24, 2.45) is 0 Å². The van der Waals surface area contributed by atoms with Crippen LogP contribution in [-0.4, -0.2) is 43.7 Å². The van der Waals surface area contributed by atoms with Gasteiger partial charge in [-0.15, -0.1) is 0 Å². The Labute approximate surface area is 148 Å². The normalized spacial score (nSPS) is 15.6. The molecule has 2 aromatic carbocycles. The molecule has 1 amide bonds. The Balaban J connectivity index is 1.53. The predicted octanol–water partition coefficient (Wildman–Crippen LogP) is 2.98. The summed E-state index contributed by atoms with van der Waals surface area (Å²) in [6, 6.07) is 13.5. The second-order valence-electron chi connectivity index (χ2n) is 6.28. The van der Waals surface area contributed by atoms with Gasteiger partial charge in [0.25, 0.3) is 5.91 Å². The number of carbonyl (C=O) groups excluding carboxylic acids is 1. The van der Waals surface area contributed by atoms with Crippen LogP contribution in [0.1, 0.15) is 11.1 Å². The molecule has 0 bridgehead atoms. The summed E-state index contributed by atoms with van der Waals surface area (Å²) >= 11 is 0. The zero-order valence-corrected chi connectivity index (χ0v) is 14.8. The second-order valence-corrected chi connectivity index (χ2v) is 6.28. The van der Waals surface area contributed by atoms with E-state index in [0.29, 0.717) is 18.9 Å². The first-order valence-corrected chi connectivity index (χ1v) is 8.36. The van der Waals surface area contributed by atoms with E-state index in [0.717, 1.165) is 22.6 Å². The van der Waals surface area contributed by atoms with Crippen LogP contribution in [0.4, 0.5) is 0 Å². The van der Waals surface area contributed by atoms with E-state index >= 15 is 0 Å². The lowest BCUT2D eigenvalue weighted by atomic mass is 10.1. The van der Waals surface area contributed by atoms with Gasteiger partial charge in [0.1, 0.15) is 12.4 Å². The van der Waals surface area contributed by atoms with Crippen LogP contribution in [0.5, 0.6) is 17.2 Å².